The summed E-state index contributed by atoms with van der Waals surface area (Å²) in [6, 6.07) is 14.3. The molecule has 2 rings (SSSR count). The summed E-state index contributed by atoms with van der Waals surface area (Å²) in [4.78, 5) is 1.18. The fourth-order valence-electron chi connectivity index (χ4n) is 1.60. The van der Waals surface area contributed by atoms with E-state index in [0.29, 0.717) is 0 Å². The third-order valence-electron chi connectivity index (χ3n) is 2.45. The van der Waals surface area contributed by atoms with Crippen LogP contribution in [0, 0.1) is 0 Å². The van der Waals surface area contributed by atoms with Crippen molar-refractivity contribution in [3.8, 4) is 0 Å². The molecule has 0 aliphatic rings. The second kappa shape index (κ2) is 6.03. The van der Waals surface area contributed by atoms with Crippen LogP contribution in [0.15, 0.2) is 73.9 Å². The van der Waals surface area contributed by atoms with Gasteiger partial charge in [0.25, 0.3) is 0 Å². The van der Waals surface area contributed by atoms with Crippen molar-refractivity contribution in [2.45, 2.75) is 0 Å². The predicted octanol–water partition coefficient (Wildman–Crippen LogP) is 5.25. The van der Waals surface area contributed by atoms with E-state index in [4.69, 9.17) is 0 Å². The van der Waals surface area contributed by atoms with Crippen LogP contribution in [0.3, 0.4) is 0 Å². The van der Waals surface area contributed by atoms with Crippen LogP contribution < -0.4 is 5.32 Å². The van der Waals surface area contributed by atoms with Gasteiger partial charge in [0, 0.05) is 10.6 Å². The summed E-state index contributed by atoms with van der Waals surface area (Å²) < 4.78 is 0. The number of anilines is 2. The second-order valence-corrected chi connectivity index (χ2v) is 4.80. The number of hydrogen-bond acceptors (Lipinski definition) is 2. The van der Waals surface area contributed by atoms with E-state index in [0.717, 1.165) is 16.3 Å². The second-order valence-electron chi connectivity index (χ2n) is 3.72. The number of allylic oxidation sites excluding steroid dienone is 4. The molecule has 0 amide bonds. The molecule has 0 saturated carbocycles. The fourth-order valence-corrected chi connectivity index (χ4v) is 2.55. The lowest BCUT2D eigenvalue weighted by molar-refractivity contribution is 1.61. The Labute approximate surface area is 112 Å². The maximum atomic E-state index is 3.82. The van der Waals surface area contributed by atoms with Crippen molar-refractivity contribution in [2.75, 3.05) is 5.32 Å². The molecule has 0 aliphatic carbocycles. The van der Waals surface area contributed by atoms with E-state index < -0.39 is 0 Å². The highest BCUT2D eigenvalue weighted by Crippen LogP contribution is 2.30. The van der Waals surface area contributed by atoms with E-state index >= 15 is 0 Å². The van der Waals surface area contributed by atoms with E-state index in [9.17, 15) is 0 Å². The molecule has 18 heavy (non-hydrogen) atoms. The van der Waals surface area contributed by atoms with Crippen molar-refractivity contribution < 1.29 is 0 Å². The molecular formula is C16H15NS. The highest BCUT2D eigenvalue weighted by atomic mass is 32.1. The minimum atomic E-state index is 1.09. The topological polar surface area (TPSA) is 12.0 Å². The summed E-state index contributed by atoms with van der Waals surface area (Å²) in [5.41, 5.74) is 2.19. The summed E-state index contributed by atoms with van der Waals surface area (Å²) in [6.07, 6.45) is 5.59. The number of benzene rings is 1. The van der Waals surface area contributed by atoms with Gasteiger partial charge < -0.3 is 5.32 Å². The van der Waals surface area contributed by atoms with E-state index in [1.165, 1.54) is 4.88 Å². The first-order valence-electron chi connectivity index (χ1n) is 5.71. The molecule has 1 aromatic heterocycles. The van der Waals surface area contributed by atoms with E-state index in [-0.39, 0.29) is 0 Å². The quantitative estimate of drug-likeness (QED) is 0.718. The van der Waals surface area contributed by atoms with E-state index in [2.05, 4.69) is 30.6 Å². The zero-order valence-electron chi connectivity index (χ0n) is 10.1. The molecule has 1 nitrogen and oxygen atoms in total. The van der Waals surface area contributed by atoms with Crippen LogP contribution in [0.25, 0.3) is 5.57 Å². The molecule has 0 unspecified atom stereocenters. The Bertz CT molecular complexity index is 564. The number of hydrogen-bond donors (Lipinski definition) is 1. The normalized spacial score (nSPS) is 11.0. The van der Waals surface area contributed by atoms with E-state index in [1.807, 2.05) is 42.5 Å². The van der Waals surface area contributed by atoms with Gasteiger partial charge >= 0.3 is 0 Å². The van der Waals surface area contributed by atoms with Crippen LogP contribution in [0.5, 0.6) is 0 Å². The van der Waals surface area contributed by atoms with Crippen LogP contribution >= 0.6 is 11.3 Å². The molecule has 90 valence electrons. The Morgan fingerprint density at radius 2 is 1.83 bits per heavy atom. The van der Waals surface area contributed by atoms with Gasteiger partial charge in [0.1, 0.15) is 0 Å². The maximum absolute atomic E-state index is 3.82. The zero-order valence-corrected chi connectivity index (χ0v) is 10.9. The van der Waals surface area contributed by atoms with Crippen molar-refractivity contribution in [1.29, 1.82) is 0 Å². The lowest BCUT2D eigenvalue weighted by Gasteiger charge is -2.02. The van der Waals surface area contributed by atoms with Crippen LogP contribution in [0.4, 0.5) is 10.7 Å². The summed E-state index contributed by atoms with van der Waals surface area (Å²) in [7, 11) is 0. The lowest BCUT2D eigenvalue weighted by Crippen LogP contribution is -1.84. The van der Waals surface area contributed by atoms with Crippen LogP contribution in [-0.4, -0.2) is 0 Å². The first-order valence-corrected chi connectivity index (χ1v) is 6.52. The molecule has 1 heterocycles. The Balaban J connectivity index is 2.18. The van der Waals surface area contributed by atoms with Gasteiger partial charge in [-0.15, -0.1) is 11.3 Å². The molecule has 1 N–H and O–H groups in total. The van der Waals surface area contributed by atoms with Crippen LogP contribution in [0.2, 0.25) is 0 Å². The van der Waals surface area contributed by atoms with Gasteiger partial charge in [-0.3, -0.25) is 0 Å². The van der Waals surface area contributed by atoms with Gasteiger partial charge in [-0.2, -0.15) is 0 Å². The van der Waals surface area contributed by atoms with Gasteiger partial charge in [-0.1, -0.05) is 49.6 Å². The molecule has 0 atom stereocenters. The largest absolute Gasteiger partial charge is 0.347 e. The Kier molecular flexibility index (Phi) is 4.15. The lowest BCUT2D eigenvalue weighted by atomic mass is 10.2. The summed E-state index contributed by atoms with van der Waals surface area (Å²) in [6.45, 7) is 7.53. The standard InChI is InChI=1S/C16H15NS/c1-3-8-13(4-2)15-11-12-16(18-15)17-14-9-6-5-7-10-14/h3-12,17H,1-2H2/b13-8+. The van der Waals surface area contributed by atoms with Crippen molar-refractivity contribution in [2.24, 2.45) is 0 Å². The van der Waals surface area contributed by atoms with Gasteiger partial charge in [-0.05, 0) is 29.8 Å². The Hall–Kier alpha value is -2.06. The molecule has 1 aromatic carbocycles. The summed E-state index contributed by atoms with van der Waals surface area (Å²) in [5, 5.41) is 4.50. The molecule has 0 bridgehead atoms. The van der Waals surface area contributed by atoms with Crippen LogP contribution in [-0.2, 0) is 0 Å². The minimum Gasteiger partial charge on any atom is -0.347 e. The van der Waals surface area contributed by atoms with Gasteiger partial charge in [0.05, 0.1) is 5.00 Å². The van der Waals surface area contributed by atoms with Crippen molar-refractivity contribution in [3.63, 3.8) is 0 Å². The first kappa shape index (κ1) is 12.4. The Morgan fingerprint density at radius 3 is 2.50 bits per heavy atom. The summed E-state index contributed by atoms with van der Waals surface area (Å²) in [5.74, 6) is 0. The molecule has 0 aliphatic heterocycles. The number of para-hydroxylation sites is 1. The molecule has 0 spiro atoms. The molecular weight excluding hydrogens is 238 g/mol. The molecule has 0 saturated heterocycles. The molecule has 0 fully saturated rings. The first-order chi connectivity index (χ1) is 8.83. The van der Waals surface area contributed by atoms with Crippen molar-refractivity contribution in [1.82, 2.24) is 0 Å². The third-order valence-corrected chi connectivity index (χ3v) is 3.50. The van der Waals surface area contributed by atoms with Crippen molar-refractivity contribution in [3.05, 3.63) is 78.7 Å². The highest BCUT2D eigenvalue weighted by molar-refractivity contribution is 7.17. The predicted molar refractivity (Wildman–Crippen MR) is 82.4 cm³/mol. The highest BCUT2D eigenvalue weighted by Gasteiger charge is 2.02. The van der Waals surface area contributed by atoms with Crippen LogP contribution in [0.1, 0.15) is 4.88 Å². The van der Waals surface area contributed by atoms with Gasteiger partial charge in [-0.25, -0.2) is 0 Å². The number of rotatable bonds is 5. The average Bonchev–Trinajstić information content (AvgIpc) is 2.85. The summed E-state index contributed by atoms with van der Waals surface area (Å²) >= 11 is 1.70. The smallest absolute Gasteiger partial charge is 0.0933 e. The van der Waals surface area contributed by atoms with Crippen molar-refractivity contribution >= 4 is 27.6 Å². The number of nitrogens with one attached hydrogen (secondary N) is 1. The fraction of sp³-hybridized carbons (Fsp3) is 0. The van der Waals surface area contributed by atoms with Gasteiger partial charge in [0.15, 0.2) is 0 Å². The zero-order chi connectivity index (χ0) is 12.8. The average molecular weight is 253 g/mol. The Morgan fingerprint density at radius 1 is 1.06 bits per heavy atom. The van der Waals surface area contributed by atoms with E-state index in [1.54, 1.807) is 17.4 Å². The van der Waals surface area contributed by atoms with Gasteiger partial charge in [0.2, 0.25) is 0 Å². The maximum Gasteiger partial charge on any atom is 0.0933 e. The monoisotopic (exact) mass is 253 g/mol. The molecule has 2 aromatic rings. The minimum absolute atomic E-state index is 1.09. The third kappa shape index (κ3) is 2.99. The molecule has 0 radical (unpaired) electrons. The molecule has 2 heteroatoms. The number of thiophene rings is 1. The SMILES string of the molecule is C=C/C=C(\C=C)c1ccc(Nc2ccccc2)s1.